The van der Waals surface area contributed by atoms with Crippen LogP contribution in [0.2, 0.25) is 0 Å². The minimum atomic E-state index is -1.67. The first-order chi connectivity index (χ1) is 31.9. The Bertz CT molecular complexity index is 843. The van der Waals surface area contributed by atoms with Crippen LogP contribution in [-0.2, 0) is 14.4 Å². The van der Waals surface area contributed by atoms with Gasteiger partial charge in [-0.25, -0.2) is 0 Å². The summed E-state index contributed by atoms with van der Waals surface area (Å²) in [5.74, 6) is -1.96. The lowest BCUT2D eigenvalue weighted by Crippen LogP contribution is -2.46. The Morgan fingerprint density at radius 2 is 0.409 bits per heavy atom. The van der Waals surface area contributed by atoms with Crippen molar-refractivity contribution in [3.63, 3.8) is 0 Å². The van der Waals surface area contributed by atoms with E-state index in [1.54, 1.807) is 0 Å². The molecule has 0 unspecified atom stereocenters. The first-order valence-corrected chi connectivity index (χ1v) is 27.4. The number of unbranched alkanes of at least 4 members (excludes halogenated alkanes) is 36. The number of carbonyl (C=O) groups is 3. The van der Waals surface area contributed by atoms with E-state index >= 15 is 0 Å². The fourth-order valence-electron chi connectivity index (χ4n) is 7.55. The fraction of sp³-hybridized carbons (Fsp3) is 0.944. The molecule has 12 nitrogen and oxygen atoms in total. The van der Waals surface area contributed by atoms with Crippen LogP contribution in [-0.4, -0.2) is 101 Å². The number of carboxylic acids is 3. The molecule has 0 bridgehead atoms. The van der Waals surface area contributed by atoms with Gasteiger partial charge in [-0.15, -0.1) is 0 Å². The first-order valence-electron chi connectivity index (χ1n) is 27.4. The van der Waals surface area contributed by atoms with Gasteiger partial charge in [0.2, 0.25) is 0 Å². The van der Waals surface area contributed by atoms with E-state index in [2.05, 4.69) is 20.8 Å². The van der Waals surface area contributed by atoms with Crippen molar-refractivity contribution in [2.75, 3.05) is 13.2 Å². The third kappa shape index (κ3) is 66.4. The molecule has 0 aromatic heterocycles. The zero-order chi connectivity index (χ0) is 50.2. The van der Waals surface area contributed by atoms with Gasteiger partial charge in [0.25, 0.3) is 0 Å². The van der Waals surface area contributed by atoms with Gasteiger partial charge >= 0.3 is 17.9 Å². The van der Waals surface area contributed by atoms with Crippen molar-refractivity contribution in [3.05, 3.63) is 0 Å². The molecule has 0 spiro atoms. The van der Waals surface area contributed by atoms with Gasteiger partial charge in [-0.1, -0.05) is 252 Å². The number of aliphatic hydroxyl groups is 6. The molecule has 0 aliphatic carbocycles. The largest absolute Gasteiger partial charge is 0.481 e. The molecule has 12 heteroatoms. The molecule has 0 aliphatic rings. The molecule has 9 N–H and O–H groups in total. The molecule has 0 radical (unpaired) electrons. The van der Waals surface area contributed by atoms with Crippen LogP contribution in [0.5, 0.6) is 0 Å². The SMILES string of the molecule is CCCCCCCCCCCCCCCC(=O)O.CCCCCCCCCCCCCCCC(=O)O.CCCCCCCCCCCCCCCC(=O)O.OC[C@@H](O)[C@@H](O)[C@H](O)[C@@H](O)CO. The zero-order valence-corrected chi connectivity index (χ0v) is 43.2. The van der Waals surface area contributed by atoms with Crippen LogP contribution in [0.15, 0.2) is 0 Å². The van der Waals surface area contributed by atoms with E-state index in [-0.39, 0.29) is 0 Å². The second kappa shape index (κ2) is 61.2. The third-order valence-corrected chi connectivity index (χ3v) is 12.0. The lowest BCUT2D eigenvalue weighted by atomic mass is 10.0. The van der Waals surface area contributed by atoms with Gasteiger partial charge in [-0.3, -0.25) is 14.4 Å². The number of hydrogen-bond acceptors (Lipinski definition) is 9. The highest BCUT2D eigenvalue weighted by molar-refractivity contribution is 5.67. The second-order valence-electron chi connectivity index (χ2n) is 18.6. The summed E-state index contributed by atoms with van der Waals surface area (Å²) in [6.45, 7) is 5.33. The summed E-state index contributed by atoms with van der Waals surface area (Å²) >= 11 is 0. The zero-order valence-electron chi connectivity index (χ0n) is 43.2. The van der Waals surface area contributed by atoms with Crippen molar-refractivity contribution >= 4 is 17.9 Å². The minimum Gasteiger partial charge on any atom is -0.481 e. The summed E-state index contributed by atoms with van der Waals surface area (Å²) < 4.78 is 0. The van der Waals surface area contributed by atoms with Crippen molar-refractivity contribution in [2.45, 2.75) is 315 Å². The standard InChI is InChI=1S/3C16H32O2.C6H14O6/c3*1-2-3-4-5-6-7-8-9-10-11-12-13-14-15-16(17)18;7-1-3(9)5(11)6(12)4(10)2-8/h3*2-15H2,1H3,(H,17,18);3-12H,1-2H2/t;;;3-,4+,5-,6-/m...1/s1. The molecular weight excluding hydrogens is 841 g/mol. The van der Waals surface area contributed by atoms with Crippen molar-refractivity contribution in [3.8, 4) is 0 Å². The fourth-order valence-corrected chi connectivity index (χ4v) is 7.55. The quantitative estimate of drug-likeness (QED) is 0.0259. The highest BCUT2D eigenvalue weighted by Crippen LogP contribution is 2.16. The highest BCUT2D eigenvalue weighted by atomic mass is 16.4. The number of rotatable bonds is 47. The van der Waals surface area contributed by atoms with Crippen LogP contribution >= 0.6 is 0 Å². The average molecular weight is 951 g/mol. The first kappa shape index (κ1) is 70.7. The maximum atomic E-state index is 10.3. The number of hydrogen-bond donors (Lipinski definition) is 9. The van der Waals surface area contributed by atoms with Gasteiger partial charge in [0.05, 0.1) is 13.2 Å². The Hall–Kier alpha value is -1.83. The summed E-state index contributed by atoms with van der Waals surface area (Å²) in [7, 11) is 0. The lowest BCUT2D eigenvalue weighted by molar-refractivity contribution is -0.138. The summed E-state index contributed by atoms with van der Waals surface area (Å²) in [6, 6.07) is 0. The predicted molar refractivity (Wildman–Crippen MR) is 272 cm³/mol. The van der Waals surface area contributed by atoms with Gasteiger partial charge < -0.3 is 46.0 Å². The summed E-state index contributed by atoms with van der Waals surface area (Å²) in [6.07, 6.45) is 45.4. The topological polar surface area (TPSA) is 233 Å². The van der Waals surface area contributed by atoms with Crippen LogP contribution in [0.3, 0.4) is 0 Å². The van der Waals surface area contributed by atoms with E-state index in [4.69, 9.17) is 46.0 Å². The van der Waals surface area contributed by atoms with Crippen LogP contribution in [0.1, 0.15) is 290 Å². The van der Waals surface area contributed by atoms with Gasteiger partial charge in [0.1, 0.15) is 24.4 Å². The second-order valence-corrected chi connectivity index (χ2v) is 18.6. The van der Waals surface area contributed by atoms with E-state index in [9.17, 15) is 14.4 Å². The summed E-state index contributed by atoms with van der Waals surface area (Å²) in [5, 5.41) is 77.6. The van der Waals surface area contributed by atoms with E-state index in [1.807, 2.05) is 0 Å². The molecular formula is C54H110O12. The molecule has 4 atom stereocenters. The van der Waals surface area contributed by atoms with E-state index in [1.165, 1.54) is 212 Å². The normalized spacial score (nSPS) is 12.7. The Kier molecular flexibility index (Phi) is 65.6. The van der Waals surface area contributed by atoms with Gasteiger partial charge in [-0.2, -0.15) is 0 Å². The maximum absolute atomic E-state index is 10.3. The van der Waals surface area contributed by atoms with E-state index in [0.717, 1.165) is 38.5 Å². The minimum absolute atomic E-state index is 0.345. The molecule has 0 amide bonds. The smallest absolute Gasteiger partial charge is 0.303 e. The van der Waals surface area contributed by atoms with Crippen molar-refractivity contribution in [2.24, 2.45) is 0 Å². The molecule has 0 rings (SSSR count). The number of carboxylic acid groups (broad SMARTS) is 3. The van der Waals surface area contributed by atoms with Crippen molar-refractivity contribution < 1.29 is 60.3 Å². The Balaban J connectivity index is -0.000000393. The van der Waals surface area contributed by atoms with Crippen molar-refractivity contribution in [1.29, 1.82) is 0 Å². The molecule has 0 aliphatic heterocycles. The summed E-state index contributed by atoms with van der Waals surface area (Å²) in [5.41, 5.74) is 0. The molecule has 0 saturated heterocycles. The Labute approximate surface area is 405 Å². The average Bonchev–Trinajstić information content (AvgIpc) is 3.30. The molecule has 0 fully saturated rings. The van der Waals surface area contributed by atoms with Crippen LogP contribution in [0.4, 0.5) is 0 Å². The maximum Gasteiger partial charge on any atom is 0.303 e. The third-order valence-electron chi connectivity index (χ3n) is 12.0. The number of aliphatic hydroxyl groups excluding tert-OH is 6. The monoisotopic (exact) mass is 951 g/mol. The molecule has 0 heterocycles. The van der Waals surface area contributed by atoms with E-state index < -0.39 is 55.5 Å². The molecule has 0 saturated carbocycles. The molecule has 0 aromatic rings. The van der Waals surface area contributed by atoms with Gasteiger partial charge in [-0.05, 0) is 19.3 Å². The molecule has 398 valence electrons. The van der Waals surface area contributed by atoms with Gasteiger partial charge in [0.15, 0.2) is 0 Å². The van der Waals surface area contributed by atoms with Gasteiger partial charge in [0, 0.05) is 19.3 Å². The van der Waals surface area contributed by atoms with Crippen molar-refractivity contribution in [1.82, 2.24) is 0 Å². The number of aliphatic carboxylic acids is 3. The highest BCUT2D eigenvalue weighted by Gasteiger charge is 2.29. The Morgan fingerprint density at radius 3 is 0.530 bits per heavy atom. The Morgan fingerprint density at radius 1 is 0.273 bits per heavy atom. The lowest BCUT2D eigenvalue weighted by Gasteiger charge is -2.24. The molecule has 66 heavy (non-hydrogen) atoms. The summed E-state index contributed by atoms with van der Waals surface area (Å²) in [4.78, 5) is 30.9. The molecule has 0 aromatic carbocycles. The van der Waals surface area contributed by atoms with Crippen LogP contribution < -0.4 is 0 Å². The van der Waals surface area contributed by atoms with Crippen LogP contribution in [0.25, 0.3) is 0 Å². The van der Waals surface area contributed by atoms with Crippen LogP contribution in [0, 0.1) is 0 Å². The predicted octanol–water partition coefficient (Wildman–Crippen LogP) is 13.1. The van der Waals surface area contributed by atoms with E-state index in [0.29, 0.717) is 19.3 Å².